The maximum absolute atomic E-state index is 12.6. The van der Waals surface area contributed by atoms with Crippen molar-refractivity contribution in [3.05, 3.63) is 69.6 Å². The van der Waals surface area contributed by atoms with Crippen LogP contribution in [0.5, 0.6) is 0 Å². The first-order chi connectivity index (χ1) is 12.5. The Hall–Kier alpha value is -2.93. The van der Waals surface area contributed by atoms with Crippen molar-refractivity contribution < 1.29 is 14.7 Å². The number of rotatable bonds is 6. The van der Waals surface area contributed by atoms with Gasteiger partial charge in [0.25, 0.3) is 17.4 Å². The zero-order valence-corrected chi connectivity index (χ0v) is 14.4. The molecule has 0 aliphatic heterocycles. The van der Waals surface area contributed by atoms with Crippen LogP contribution in [-0.4, -0.2) is 41.2 Å². The molecule has 1 aliphatic rings. The molecule has 0 spiro atoms. The molecule has 0 saturated heterocycles. The number of nitrogens with zero attached hydrogens (tertiary/aromatic N) is 1. The first kappa shape index (κ1) is 17.9. The number of amides is 2. The summed E-state index contributed by atoms with van der Waals surface area (Å²) in [5, 5.41) is 14.4. The van der Waals surface area contributed by atoms with Gasteiger partial charge in [0.15, 0.2) is 0 Å². The van der Waals surface area contributed by atoms with Gasteiger partial charge in [-0.3, -0.25) is 14.4 Å². The van der Waals surface area contributed by atoms with Crippen LogP contribution in [0.15, 0.2) is 47.4 Å². The number of hydrogen-bond acceptors (Lipinski definition) is 4. The quantitative estimate of drug-likeness (QED) is 0.697. The molecule has 3 N–H and O–H groups in total. The second-order valence-corrected chi connectivity index (χ2v) is 6.40. The van der Waals surface area contributed by atoms with E-state index in [2.05, 4.69) is 10.6 Å². The summed E-state index contributed by atoms with van der Waals surface area (Å²) in [5.74, 6) is -0.823. The summed E-state index contributed by atoms with van der Waals surface area (Å²) in [6.07, 6.45) is 2.20. The number of carbonyl (C=O) groups is 2. The van der Waals surface area contributed by atoms with Gasteiger partial charge >= 0.3 is 0 Å². The zero-order chi connectivity index (χ0) is 18.7. The maximum atomic E-state index is 12.6. The molecule has 0 bridgehead atoms. The van der Waals surface area contributed by atoms with Crippen molar-refractivity contribution in [2.45, 2.75) is 19.0 Å². The first-order valence-electron chi connectivity index (χ1n) is 8.45. The van der Waals surface area contributed by atoms with Crippen LogP contribution in [0.3, 0.4) is 0 Å². The normalized spacial score (nSPS) is 18.2. The summed E-state index contributed by atoms with van der Waals surface area (Å²) < 4.78 is 1.37. The number of aliphatic hydroxyl groups is 1. The van der Waals surface area contributed by atoms with Gasteiger partial charge in [-0.1, -0.05) is 30.3 Å². The van der Waals surface area contributed by atoms with Gasteiger partial charge in [0, 0.05) is 31.8 Å². The zero-order valence-electron chi connectivity index (χ0n) is 14.4. The van der Waals surface area contributed by atoms with E-state index in [1.165, 1.54) is 23.9 Å². The fourth-order valence-corrected chi connectivity index (χ4v) is 2.83. The molecule has 1 aromatic carbocycles. The fourth-order valence-electron chi connectivity index (χ4n) is 2.83. The first-order valence-corrected chi connectivity index (χ1v) is 8.45. The maximum Gasteiger partial charge on any atom is 0.263 e. The van der Waals surface area contributed by atoms with Crippen molar-refractivity contribution in [3.8, 4) is 0 Å². The molecule has 2 atom stereocenters. The topological polar surface area (TPSA) is 100 Å². The highest BCUT2D eigenvalue weighted by Crippen LogP contribution is 2.29. The van der Waals surface area contributed by atoms with Gasteiger partial charge in [-0.2, -0.15) is 0 Å². The summed E-state index contributed by atoms with van der Waals surface area (Å²) in [4.78, 5) is 37.2. The summed E-state index contributed by atoms with van der Waals surface area (Å²) in [6.45, 7) is 0.287. The molecule has 136 valence electrons. The SMILES string of the molecule is CNC(=O)c1cc(C(=O)NC2CC2CO)cn(Cc2ccccc2)c1=O. The summed E-state index contributed by atoms with van der Waals surface area (Å²) >= 11 is 0. The molecular formula is C19H21N3O4. The molecule has 1 fully saturated rings. The van der Waals surface area contributed by atoms with E-state index in [9.17, 15) is 14.4 Å². The minimum Gasteiger partial charge on any atom is -0.396 e. The molecule has 2 aromatic rings. The average molecular weight is 355 g/mol. The third-order valence-electron chi connectivity index (χ3n) is 4.49. The number of carbonyl (C=O) groups excluding carboxylic acids is 2. The van der Waals surface area contributed by atoms with E-state index in [-0.39, 0.29) is 42.1 Å². The van der Waals surface area contributed by atoms with Gasteiger partial charge < -0.3 is 20.3 Å². The highest BCUT2D eigenvalue weighted by atomic mass is 16.3. The monoisotopic (exact) mass is 355 g/mol. The summed E-state index contributed by atoms with van der Waals surface area (Å²) in [6, 6.07) is 10.6. The van der Waals surface area contributed by atoms with Gasteiger partial charge in [-0.15, -0.1) is 0 Å². The van der Waals surface area contributed by atoms with Crippen molar-refractivity contribution in [2.75, 3.05) is 13.7 Å². The Balaban J connectivity index is 1.93. The summed E-state index contributed by atoms with van der Waals surface area (Å²) in [7, 11) is 1.44. The Morgan fingerprint density at radius 3 is 2.58 bits per heavy atom. The largest absolute Gasteiger partial charge is 0.396 e. The van der Waals surface area contributed by atoms with Crippen LogP contribution in [-0.2, 0) is 6.54 Å². The highest BCUT2D eigenvalue weighted by molar-refractivity contribution is 5.99. The molecule has 1 heterocycles. The number of pyridine rings is 1. The average Bonchev–Trinajstić information content (AvgIpc) is 3.41. The van der Waals surface area contributed by atoms with Crippen molar-refractivity contribution >= 4 is 11.8 Å². The van der Waals surface area contributed by atoms with Crippen LogP contribution in [0.2, 0.25) is 0 Å². The second-order valence-electron chi connectivity index (χ2n) is 6.40. The summed E-state index contributed by atoms with van der Waals surface area (Å²) in [5.41, 5.74) is 0.593. The Morgan fingerprint density at radius 2 is 1.96 bits per heavy atom. The van der Waals surface area contributed by atoms with E-state index in [1.54, 1.807) is 0 Å². The van der Waals surface area contributed by atoms with E-state index in [4.69, 9.17) is 5.11 Å². The number of benzene rings is 1. The number of aromatic nitrogens is 1. The van der Waals surface area contributed by atoms with E-state index in [0.29, 0.717) is 0 Å². The predicted octanol–water partition coefficient (Wildman–Crippen LogP) is 0.367. The lowest BCUT2D eigenvalue weighted by molar-refractivity contribution is 0.0946. The number of hydrogen-bond donors (Lipinski definition) is 3. The van der Waals surface area contributed by atoms with Crippen molar-refractivity contribution in [1.82, 2.24) is 15.2 Å². The van der Waals surface area contributed by atoms with Crippen LogP contribution in [0.1, 0.15) is 32.7 Å². The second kappa shape index (κ2) is 7.53. The van der Waals surface area contributed by atoms with Gasteiger partial charge in [-0.05, 0) is 18.1 Å². The molecule has 7 heteroatoms. The van der Waals surface area contributed by atoms with Crippen LogP contribution in [0, 0.1) is 5.92 Å². The van der Waals surface area contributed by atoms with Gasteiger partial charge in [0.2, 0.25) is 0 Å². The molecular weight excluding hydrogens is 334 g/mol. The van der Waals surface area contributed by atoms with E-state index < -0.39 is 11.5 Å². The minimum atomic E-state index is -0.536. The Labute approximate surface area is 150 Å². The van der Waals surface area contributed by atoms with Crippen LogP contribution in [0.25, 0.3) is 0 Å². The molecule has 1 aliphatic carbocycles. The van der Waals surface area contributed by atoms with Crippen molar-refractivity contribution in [2.24, 2.45) is 5.92 Å². The van der Waals surface area contributed by atoms with Gasteiger partial charge in [0.05, 0.1) is 12.1 Å². The molecule has 3 rings (SSSR count). The third-order valence-corrected chi connectivity index (χ3v) is 4.49. The third kappa shape index (κ3) is 3.83. The Morgan fingerprint density at radius 1 is 1.23 bits per heavy atom. The fraction of sp³-hybridized carbons (Fsp3) is 0.316. The Bertz CT molecular complexity index is 876. The van der Waals surface area contributed by atoms with E-state index in [1.807, 2.05) is 30.3 Å². The lowest BCUT2D eigenvalue weighted by Gasteiger charge is -2.12. The molecule has 2 amide bonds. The number of nitrogens with one attached hydrogen (secondary N) is 2. The smallest absolute Gasteiger partial charge is 0.263 e. The van der Waals surface area contributed by atoms with Gasteiger partial charge in [0.1, 0.15) is 5.56 Å². The van der Waals surface area contributed by atoms with Crippen LogP contribution in [0.4, 0.5) is 0 Å². The molecule has 7 nitrogen and oxygen atoms in total. The molecule has 2 unspecified atom stereocenters. The minimum absolute atomic E-state index is 0.0297. The van der Waals surface area contributed by atoms with Crippen molar-refractivity contribution in [3.63, 3.8) is 0 Å². The van der Waals surface area contributed by atoms with Crippen LogP contribution >= 0.6 is 0 Å². The molecule has 1 aromatic heterocycles. The van der Waals surface area contributed by atoms with Crippen molar-refractivity contribution in [1.29, 1.82) is 0 Å². The van der Waals surface area contributed by atoms with Crippen LogP contribution < -0.4 is 16.2 Å². The predicted molar refractivity (Wildman–Crippen MR) is 96.1 cm³/mol. The molecule has 0 radical (unpaired) electrons. The molecule has 1 saturated carbocycles. The van der Waals surface area contributed by atoms with E-state index >= 15 is 0 Å². The Kier molecular flexibility index (Phi) is 5.18. The lowest BCUT2D eigenvalue weighted by Crippen LogP contribution is -2.34. The molecule has 26 heavy (non-hydrogen) atoms. The lowest BCUT2D eigenvalue weighted by atomic mass is 10.1. The standard InChI is InChI=1S/C19H21N3O4/c1-20-18(25)15-7-13(17(24)21-16-8-14(16)11-23)10-22(19(15)26)9-12-5-3-2-4-6-12/h2-7,10,14,16,23H,8-9,11H2,1H3,(H,20,25)(H,21,24). The highest BCUT2D eigenvalue weighted by Gasteiger charge is 2.37. The number of aliphatic hydroxyl groups excluding tert-OH is 1. The van der Waals surface area contributed by atoms with Gasteiger partial charge in [-0.25, -0.2) is 0 Å². The van der Waals surface area contributed by atoms with E-state index in [0.717, 1.165) is 12.0 Å².